The van der Waals surface area contributed by atoms with Crippen molar-refractivity contribution in [2.24, 2.45) is 0 Å². The first-order chi connectivity index (χ1) is 9.08. The summed E-state index contributed by atoms with van der Waals surface area (Å²) < 4.78 is 0. The van der Waals surface area contributed by atoms with Crippen molar-refractivity contribution in [2.75, 3.05) is 13.1 Å². The Morgan fingerprint density at radius 1 is 1.26 bits per heavy atom. The number of nitrogens with one attached hydrogen (secondary N) is 1. The highest BCUT2D eigenvalue weighted by atomic mass is 35.5. The molecule has 0 spiro atoms. The van der Waals surface area contributed by atoms with Crippen LogP contribution in [0.5, 0.6) is 0 Å². The summed E-state index contributed by atoms with van der Waals surface area (Å²) in [5.74, 6) is 0. The number of halogens is 1. The second-order valence-corrected chi connectivity index (χ2v) is 6.26. The van der Waals surface area contributed by atoms with E-state index in [2.05, 4.69) is 43.1 Å². The number of hydrogen-bond acceptors (Lipinski definition) is 2. The van der Waals surface area contributed by atoms with Crippen molar-refractivity contribution in [2.45, 2.75) is 51.7 Å². The summed E-state index contributed by atoms with van der Waals surface area (Å²) in [4.78, 5) is 2.55. The molecule has 1 heterocycles. The molecular formula is C16H25ClN2. The second kappa shape index (κ2) is 6.74. The quantitative estimate of drug-likeness (QED) is 0.901. The van der Waals surface area contributed by atoms with E-state index in [9.17, 15) is 0 Å². The minimum atomic E-state index is 0.394. The fraction of sp³-hybridized carbons (Fsp3) is 0.625. The second-order valence-electron chi connectivity index (χ2n) is 5.85. The van der Waals surface area contributed by atoms with Gasteiger partial charge in [-0.25, -0.2) is 0 Å². The Balaban J connectivity index is 2.03. The van der Waals surface area contributed by atoms with Crippen LogP contribution < -0.4 is 5.32 Å². The van der Waals surface area contributed by atoms with Crippen LogP contribution >= 0.6 is 11.6 Å². The Morgan fingerprint density at radius 2 is 2.00 bits per heavy atom. The molecule has 0 radical (unpaired) electrons. The van der Waals surface area contributed by atoms with E-state index in [-0.39, 0.29) is 0 Å². The van der Waals surface area contributed by atoms with Gasteiger partial charge in [0.15, 0.2) is 0 Å². The van der Waals surface area contributed by atoms with E-state index in [0.29, 0.717) is 18.1 Å². The predicted molar refractivity (Wildman–Crippen MR) is 82.7 cm³/mol. The molecule has 0 aliphatic carbocycles. The van der Waals surface area contributed by atoms with Crippen molar-refractivity contribution in [3.05, 3.63) is 34.9 Å². The third-order valence-electron chi connectivity index (χ3n) is 3.92. The lowest BCUT2D eigenvalue weighted by molar-refractivity contribution is 0.142. The van der Waals surface area contributed by atoms with E-state index in [1.54, 1.807) is 0 Å². The predicted octanol–water partition coefficient (Wildman–Crippen LogP) is 3.86. The normalized spacial score (nSPS) is 22.7. The van der Waals surface area contributed by atoms with Gasteiger partial charge >= 0.3 is 0 Å². The first-order valence-electron chi connectivity index (χ1n) is 7.32. The Morgan fingerprint density at radius 3 is 2.68 bits per heavy atom. The molecule has 0 amide bonds. The molecule has 2 unspecified atom stereocenters. The molecule has 106 valence electrons. The van der Waals surface area contributed by atoms with Crippen LogP contribution in [0.1, 0.15) is 45.2 Å². The Labute approximate surface area is 122 Å². The zero-order chi connectivity index (χ0) is 13.8. The largest absolute Gasteiger partial charge is 0.311 e. The highest BCUT2D eigenvalue weighted by Gasteiger charge is 2.25. The average Bonchev–Trinajstić information content (AvgIpc) is 2.38. The number of hydrogen-bond donors (Lipinski definition) is 1. The van der Waals surface area contributed by atoms with Crippen LogP contribution in [0.25, 0.3) is 0 Å². The van der Waals surface area contributed by atoms with E-state index in [0.717, 1.165) is 11.6 Å². The lowest BCUT2D eigenvalue weighted by Crippen LogP contribution is -2.48. The van der Waals surface area contributed by atoms with Gasteiger partial charge in [-0.1, -0.05) is 43.6 Å². The summed E-state index contributed by atoms with van der Waals surface area (Å²) in [6.07, 6.45) is 2.54. The molecule has 2 rings (SSSR count). The summed E-state index contributed by atoms with van der Waals surface area (Å²) >= 11 is 6.32. The standard InChI is InChI=1S/C16H25ClN2/c1-12(2)18-14-7-6-10-19(11-14)13(3)15-8-4-5-9-16(15)17/h4-5,8-9,12-14,18H,6-7,10-11H2,1-3H3. The van der Waals surface area contributed by atoms with Gasteiger partial charge in [0.2, 0.25) is 0 Å². The number of nitrogens with zero attached hydrogens (tertiary/aromatic N) is 1. The van der Waals surface area contributed by atoms with E-state index in [1.165, 1.54) is 24.9 Å². The molecule has 1 saturated heterocycles. The van der Waals surface area contributed by atoms with Gasteiger partial charge in [-0.15, -0.1) is 0 Å². The average molecular weight is 281 g/mol. The molecule has 0 saturated carbocycles. The SMILES string of the molecule is CC(C)NC1CCCN(C(C)c2ccccc2Cl)C1. The molecule has 1 fully saturated rings. The number of rotatable bonds is 4. The summed E-state index contributed by atoms with van der Waals surface area (Å²) in [6, 6.07) is 9.77. The minimum Gasteiger partial charge on any atom is -0.311 e. The minimum absolute atomic E-state index is 0.394. The van der Waals surface area contributed by atoms with Gasteiger partial charge in [-0.05, 0) is 37.9 Å². The molecule has 2 atom stereocenters. The van der Waals surface area contributed by atoms with E-state index >= 15 is 0 Å². The smallest absolute Gasteiger partial charge is 0.0453 e. The number of piperidine rings is 1. The maximum atomic E-state index is 6.32. The molecule has 1 aromatic rings. The maximum absolute atomic E-state index is 6.32. The van der Waals surface area contributed by atoms with Crippen LogP contribution in [-0.2, 0) is 0 Å². The van der Waals surface area contributed by atoms with Crippen molar-refractivity contribution in [1.29, 1.82) is 0 Å². The monoisotopic (exact) mass is 280 g/mol. The van der Waals surface area contributed by atoms with Crippen LogP contribution in [-0.4, -0.2) is 30.1 Å². The lowest BCUT2D eigenvalue weighted by Gasteiger charge is -2.38. The van der Waals surface area contributed by atoms with Crippen LogP contribution in [0.15, 0.2) is 24.3 Å². The Hall–Kier alpha value is -0.570. The molecule has 3 heteroatoms. The van der Waals surface area contributed by atoms with Gasteiger partial charge in [-0.3, -0.25) is 4.90 Å². The molecule has 19 heavy (non-hydrogen) atoms. The summed E-state index contributed by atoms with van der Waals surface area (Å²) in [5, 5.41) is 4.54. The maximum Gasteiger partial charge on any atom is 0.0453 e. The molecule has 1 aromatic carbocycles. The summed E-state index contributed by atoms with van der Waals surface area (Å²) in [7, 11) is 0. The van der Waals surface area contributed by atoms with Crippen molar-refractivity contribution in [3.63, 3.8) is 0 Å². The molecule has 0 bridgehead atoms. The topological polar surface area (TPSA) is 15.3 Å². The Kier molecular flexibility index (Phi) is 5.26. The van der Waals surface area contributed by atoms with Gasteiger partial charge < -0.3 is 5.32 Å². The summed E-state index contributed by atoms with van der Waals surface area (Å²) in [5.41, 5.74) is 1.24. The molecule has 1 aliphatic heterocycles. The number of benzene rings is 1. The molecule has 1 aliphatic rings. The van der Waals surface area contributed by atoms with Crippen molar-refractivity contribution < 1.29 is 0 Å². The summed E-state index contributed by atoms with van der Waals surface area (Å²) in [6.45, 7) is 8.99. The fourth-order valence-electron chi connectivity index (χ4n) is 2.98. The number of likely N-dealkylation sites (tertiary alicyclic amines) is 1. The first-order valence-corrected chi connectivity index (χ1v) is 7.70. The van der Waals surface area contributed by atoms with Crippen LogP contribution in [0.2, 0.25) is 5.02 Å². The van der Waals surface area contributed by atoms with Gasteiger partial charge in [-0.2, -0.15) is 0 Å². The van der Waals surface area contributed by atoms with Gasteiger partial charge in [0.25, 0.3) is 0 Å². The zero-order valence-electron chi connectivity index (χ0n) is 12.2. The third-order valence-corrected chi connectivity index (χ3v) is 4.27. The van der Waals surface area contributed by atoms with Crippen molar-refractivity contribution >= 4 is 11.6 Å². The molecule has 2 nitrogen and oxygen atoms in total. The van der Waals surface area contributed by atoms with E-state index in [1.807, 2.05) is 12.1 Å². The lowest BCUT2D eigenvalue weighted by atomic mass is 10.00. The first kappa shape index (κ1) is 14.8. The van der Waals surface area contributed by atoms with Crippen molar-refractivity contribution in [3.8, 4) is 0 Å². The molecule has 1 N–H and O–H groups in total. The zero-order valence-corrected chi connectivity index (χ0v) is 13.0. The van der Waals surface area contributed by atoms with Crippen LogP contribution in [0, 0.1) is 0 Å². The van der Waals surface area contributed by atoms with Gasteiger partial charge in [0.1, 0.15) is 0 Å². The van der Waals surface area contributed by atoms with E-state index in [4.69, 9.17) is 11.6 Å². The van der Waals surface area contributed by atoms with Crippen LogP contribution in [0.3, 0.4) is 0 Å². The fourth-order valence-corrected chi connectivity index (χ4v) is 3.27. The van der Waals surface area contributed by atoms with Gasteiger partial charge in [0, 0.05) is 29.7 Å². The molecule has 0 aromatic heterocycles. The Bertz CT molecular complexity index is 405. The highest BCUT2D eigenvalue weighted by Crippen LogP contribution is 2.29. The van der Waals surface area contributed by atoms with E-state index < -0.39 is 0 Å². The highest BCUT2D eigenvalue weighted by molar-refractivity contribution is 6.31. The van der Waals surface area contributed by atoms with Crippen LogP contribution in [0.4, 0.5) is 0 Å². The van der Waals surface area contributed by atoms with Crippen molar-refractivity contribution in [1.82, 2.24) is 10.2 Å². The van der Waals surface area contributed by atoms with Gasteiger partial charge in [0.05, 0.1) is 0 Å². The third kappa shape index (κ3) is 3.95. The molecular weight excluding hydrogens is 256 g/mol.